The molecule has 70 valence electrons. The zero-order valence-corrected chi connectivity index (χ0v) is 8.45. The Morgan fingerprint density at radius 1 is 1.31 bits per heavy atom. The number of rotatable bonds is 1. The molecule has 2 rings (SSSR count). The lowest BCUT2D eigenvalue weighted by Crippen LogP contribution is -2.34. The van der Waals surface area contributed by atoms with Crippen molar-refractivity contribution in [1.82, 2.24) is 4.98 Å². The summed E-state index contributed by atoms with van der Waals surface area (Å²) in [5, 5.41) is 0.583. The Kier molecular flexibility index (Phi) is 2.74. The first-order valence-electron chi connectivity index (χ1n) is 4.70. The highest BCUT2D eigenvalue weighted by Crippen LogP contribution is 2.19. The van der Waals surface area contributed by atoms with Gasteiger partial charge >= 0.3 is 0 Å². The van der Waals surface area contributed by atoms with E-state index in [1.54, 1.807) is 0 Å². The highest BCUT2D eigenvalue weighted by Gasteiger charge is 2.16. The standard InChI is InChI=1S/C10H14N2S/c13-9-4-7-12(8-5-9)10-3-1-2-6-11-10/h1-3,6,9,13H,4-5,7-8H2. The lowest BCUT2D eigenvalue weighted by Gasteiger charge is -2.30. The molecule has 1 fully saturated rings. The van der Waals surface area contributed by atoms with Gasteiger partial charge < -0.3 is 4.90 Å². The maximum Gasteiger partial charge on any atom is 0.128 e. The number of piperidine rings is 1. The third-order valence-corrected chi connectivity index (χ3v) is 2.95. The molecular formula is C10H14N2S. The molecule has 0 spiro atoms. The molecule has 1 aromatic rings. The van der Waals surface area contributed by atoms with Crippen molar-refractivity contribution in [3.05, 3.63) is 24.4 Å². The molecule has 1 aromatic heterocycles. The molecule has 1 aliphatic heterocycles. The summed E-state index contributed by atoms with van der Waals surface area (Å²) in [6, 6.07) is 6.06. The summed E-state index contributed by atoms with van der Waals surface area (Å²) in [6.07, 6.45) is 4.18. The molecule has 13 heavy (non-hydrogen) atoms. The van der Waals surface area contributed by atoms with Gasteiger partial charge in [0.25, 0.3) is 0 Å². The number of thiol groups is 1. The number of hydrogen-bond acceptors (Lipinski definition) is 3. The van der Waals surface area contributed by atoms with Gasteiger partial charge in [0, 0.05) is 24.5 Å². The molecule has 0 amide bonds. The van der Waals surface area contributed by atoms with Crippen LogP contribution in [-0.4, -0.2) is 23.3 Å². The second-order valence-corrected chi connectivity index (χ2v) is 4.14. The number of hydrogen-bond donors (Lipinski definition) is 1. The van der Waals surface area contributed by atoms with E-state index in [1.165, 1.54) is 12.8 Å². The van der Waals surface area contributed by atoms with Crippen molar-refractivity contribution in [2.75, 3.05) is 18.0 Å². The second-order valence-electron chi connectivity index (χ2n) is 3.41. The first kappa shape index (κ1) is 8.88. The van der Waals surface area contributed by atoms with E-state index in [2.05, 4.69) is 28.6 Å². The minimum absolute atomic E-state index is 0.583. The first-order chi connectivity index (χ1) is 6.36. The molecule has 3 heteroatoms. The third-order valence-electron chi connectivity index (χ3n) is 2.44. The summed E-state index contributed by atoms with van der Waals surface area (Å²) in [7, 11) is 0. The van der Waals surface area contributed by atoms with Crippen molar-refractivity contribution in [2.24, 2.45) is 0 Å². The van der Waals surface area contributed by atoms with Gasteiger partial charge in [0.05, 0.1) is 0 Å². The van der Waals surface area contributed by atoms with E-state index in [0.29, 0.717) is 5.25 Å². The van der Waals surface area contributed by atoms with Crippen LogP contribution in [0.4, 0.5) is 5.82 Å². The topological polar surface area (TPSA) is 16.1 Å². The van der Waals surface area contributed by atoms with Crippen LogP contribution in [0.5, 0.6) is 0 Å². The van der Waals surface area contributed by atoms with E-state index in [1.807, 2.05) is 18.3 Å². The number of pyridine rings is 1. The lowest BCUT2D eigenvalue weighted by atomic mass is 10.1. The Hall–Kier alpha value is -0.700. The Bertz CT molecular complexity index is 255. The van der Waals surface area contributed by atoms with Crippen LogP contribution >= 0.6 is 12.6 Å². The van der Waals surface area contributed by atoms with E-state index in [0.717, 1.165) is 18.9 Å². The van der Waals surface area contributed by atoms with Crippen LogP contribution in [0, 0.1) is 0 Å². The molecule has 1 aliphatic rings. The predicted molar refractivity (Wildman–Crippen MR) is 58.5 cm³/mol. The van der Waals surface area contributed by atoms with Crippen LogP contribution in [-0.2, 0) is 0 Å². The Balaban J connectivity index is 2.03. The summed E-state index contributed by atoms with van der Waals surface area (Å²) in [6.45, 7) is 2.18. The summed E-state index contributed by atoms with van der Waals surface area (Å²) in [5.41, 5.74) is 0. The molecule has 2 nitrogen and oxygen atoms in total. The van der Waals surface area contributed by atoms with E-state index in [-0.39, 0.29) is 0 Å². The van der Waals surface area contributed by atoms with Crippen LogP contribution < -0.4 is 4.90 Å². The van der Waals surface area contributed by atoms with Crippen LogP contribution in [0.3, 0.4) is 0 Å². The number of anilines is 1. The second kappa shape index (κ2) is 4.01. The molecule has 0 saturated carbocycles. The van der Waals surface area contributed by atoms with Crippen molar-refractivity contribution in [3.63, 3.8) is 0 Å². The zero-order valence-electron chi connectivity index (χ0n) is 7.56. The minimum atomic E-state index is 0.583. The summed E-state index contributed by atoms with van der Waals surface area (Å²) in [4.78, 5) is 6.65. The normalized spacial score (nSPS) is 19.0. The van der Waals surface area contributed by atoms with E-state index in [4.69, 9.17) is 0 Å². The fourth-order valence-corrected chi connectivity index (χ4v) is 1.87. The van der Waals surface area contributed by atoms with E-state index < -0.39 is 0 Å². The van der Waals surface area contributed by atoms with Crippen LogP contribution in [0.2, 0.25) is 0 Å². The van der Waals surface area contributed by atoms with Crippen molar-refractivity contribution >= 4 is 18.4 Å². The molecule has 0 aromatic carbocycles. The average Bonchev–Trinajstić information content (AvgIpc) is 2.20. The van der Waals surface area contributed by atoms with Gasteiger partial charge in [-0.3, -0.25) is 0 Å². The quantitative estimate of drug-likeness (QED) is 0.688. The third kappa shape index (κ3) is 2.15. The summed E-state index contributed by atoms with van der Waals surface area (Å²) >= 11 is 4.47. The fourth-order valence-electron chi connectivity index (χ4n) is 1.64. The molecule has 0 radical (unpaired) electrons. The van der Waals surface area contributed by atoms with Gasteiger partial charge in [0.2, 0.25) is 0 Å². The van der Waals surface area contributed by atoms with Crippen molar-refractivity contribution in [2.45, 2.75) is 18.1 Å². The van der Waals surface area contributed by atoms with Gasteiger partial charge in [0.1, 0.15) is 5.82 Å². The SMILES string of the molecule is SC1CCN(c2ccccn2)CC1. The lowest BCUT2D eigenvalue weighted by molar-refractivity contribution is 0.589. The molecule has 2 heterocycles. The van der Waals surface area contributed by atoms with E-state index >= 15 is 0 Å². The van der Waals surface area contributed by atoms with Crippen molar-refractivity contribution in [3.8, 4) is 0 Å². The summed E-state index contributed by atoms with van der Waals surface area (Å²) in [5.74, 6) is 1.10. The van der Waals surface area contributed by atoms with E-state index in [9.17, 15) is 0 Å². The maximum absolute atomic E-state index is 4.47. The van der Waals surface area contributed by atoms with Crippen molar-refractivity contribution < 1.29 is 0 Å². The predicted octanol–water partition coefficient (Wildman–Crippen LogP) is 1.98. The monoisotopic (exact) mass is 194 g/mol. The smallest absolute Gasteiger partial charge is 0.128 e. The maximum atomic E-state index is 4.47. The van der Waals surface area contributed by atoms with Crippen molar-refractivity contribution in [1.29, 1.82) is 0 Å². The highest BCUT2D eigenvalue weighted by molar-refractivity contribution is 7.80. The zero-order chi connectivity index (χ0) is 9.10. The number of aromatic nitrogens is 1. The van der Waals surface area contributed by atoms with Gasteiger partial charge in [0.15, 0.2) is 0 Å². The van der Waals surface area contributed by atoms with Crippen LogP contribution in [0.25, 0.3) is 0 Å². The molecule has 0 unspecified atom stereocenters. The van der Waals surface area contributed by atoms with Crippen LogP contribution in [0.15, 0.2) is 24.4 Å². The van der Waals surface area contributed by atoms with Gasteiger partial charge in [-0.05, 0) is 25.0 Å². The molecule has 1 saturated heterocycles. The first-order valence-corrected chi connectivity index (χ1v) is 5.22. The molecule has 0 N–H and O–H groups in total. The Labute approximate surface area is 84.4 Å². The van der Waals surface area contributed by atoms with Gasteiger partial charge in [-0.2, -0.15) is 12.6 Å². The number of nitrogens with zero attached hydrogens (tertiary/aromatic N) is 2. The molecular weight excluding hydrogens is 180 g/mol. The summed E-state index contributed by atoms with van der Waals surface area (Å²) < 4.78 is 0. The van der Waals surface area contributed by atoms with Gasteiger partial charge in [-0.15, -0.1) is 0 Å². The average molecular weight is 194 g/mol. The Morgan fingerprint density at radius 2 is 2.08 bits per heavy atom. The molecule has 0 aliphatic carbocycles. The molecule has 0 atom stereocenters. The van der Waals surface area contributed by atoms with Gasteiger partial charge in [-0.25, -0.2) is 4.98 Å². The fraction of sp³-hybridized carbons (Fsp3) is 0.500. The largest absolute Gasteiger partial charge is 0.357 e. The molecule has 0 bridgehead atoms. The highest BCUT2D eigenvalue weighted by atomic mass is 32.1. The van der Waals surface area contributed by atoms with Crippen LogP contribution in [0.1, 0.15) is 12.8 Å². The van der Waals surface area contributed by atoms with Gasteiger partial charge in [-0.1, -0.05) is 6.07 Å². The minimum Gasteiger partial charge on any atom is -0.357 e. The Morgan fingerprint density at radius 3 is 2.69 bits per heavy atom.